The highest BCUT2D eigenvalue weighted by molar-refractivity contribution is 8.18. The Morgan fingerprint density at radius 3 is 2.25 bits per heavy atom. The van der Waals surface area contributed by atoms with Crippen LogP contribution in [0.4, 0.5) is 10.5 Å². The largest absolute Gasteiger partial charge is 0.496 e. The maximum atomic E-state index is 12.8. The molecule has 3 rings (SSSR count). The van der Waals surface area contributed by atoms with Crippen molar-refractivity contribution in [1.82, 2.24) is 4.90 Å². The van der Waals surface area contributed by atoms with Gasteiger partial charge in [-0.05, 0) is 61.0 Å². The molecule has 0 aliphatic carbocycles. The maximum absolute atomic E-state index is 12.8. The van der Waals surface area contributed by atoms with E-state index in [1.165, 1.54) is 27.4 Å². The highest BCUT2D eigenvalue weighted by Gasteiger charge is 2.36. The molecule has 0 spiro atoms. The summed E-state index contributed by atoms with van der Waals surface area (Å²) in [5.74, 6) is 0.360. The zero-order valence-electron chi connectivity index (χ0n) is 18.5. The highest BCUT2D eigenvalue weighted by atomic mass is 32.2. The van der Waals surface area contributed by atoms with Crippen molar-refractivity contribution in [2.75, 3.05) is 33.2 Å². The Morgan fingerprint density at radius 1 is 0.969 bits per heavy atom. The van der Waals surface area contributed by atoms with Gasteiger partial charge in [0.1, 0.15) is 12.3 Å². The Balaban J connectivity index is 1.79. The zero-order valence-corrected chi connectivity index (χ0v) is 19.3. The molecule has 0 unspecified atom stereocenters. The Morgan fingerprint density at radius 2 is 1.62 bits per heavy atom. The van der Waals surface area contributed by atoms with Crippen molar-refractivity contribution in [1.29, 1.82) is 0 Å². The molecule has 0 bridgehead atoms. The fraction of sp³-hybridized carbons (Fsp3) is 0.261. The molecule has 2 aromatic carbocycles. The van der Waals surface area contributed by atoms with Crippen LogP contribution >= 0.6 is 11.8 Å². The van der Waals surface area contributed by atoms with Gasteiger partial charge in [0.05, 0.1) is 26.2 Å². The average Bonchev–Trinajstić information content (AvgIpc) is 3.03. The standard InChI is InChI=1S/C23H24N2O6S/c1-13-6-7-16(8-14(13)2)24-21(26)12-25-22(27)20(32-23(25)28)10-15-9-18(30-4)19(31-5)11-17(15)29-3/h6-11H,12H2,1-5H3,(H,24,26)/b20-10-. The summed E-state index contributed by atoms with van der Waals surface area (Å²) in [6.45, 7) is 3.54. The third kappa shape index (κ3) is 4.88. The molecular formula is C23H24N2O6S. The number of nitrogens with one attached hydrogen (secondary N) is 1. The number of amides is 3. The summed E-state index contributed by atoms with van der Waals surface area (Å²) in [6.07, 6.45) is 1.53. The predicted molar refractivity (Wildman–Crippen MR) is 123 cm³/mol. The number of rotatable bonds is 7. The fourth-order valence-electron chi connectivity index (χ4n) is 3.11. The molecule has 1 aliphatic heterocycles. The van der Waals surface area contributed by atoms with Gasteiger partial charge in [0.15, 0.2) is 11.5 Å². The maximum Gasteiger partial charge on any atom is 0.294 e. The number of nitrogens with zero attached hydrogens (tertiary/aromatic N) is 1. The van der Waals surface area contributed by atoms with Crippen molar-refractivity contribution >= 4 is 40.6 Å². The number of carbonyl (C=O) groups is 3. The molecule has 1 fully saturated rings. The Hall–Kier alpha value is -3.46. The number of ether oxygens (including phenoxy) is 3. The topological polar surface area (TPSA) is 94.2 Å². The average molecular weight is 457 g/mol. The van der Waals surface area contributed by atoms with Gasteiger partial charge in [-0.25, -0.2) is 0 Å². The predicted octanol–water partition coefficient (Wildman–Crippen LogP) is 4.00. The summed E-state index contributed by atoms with van der Waals surface area (Å²) < 4.78 is 15.9. The first-order valence-electron chi connectivity index (χ1n) is 9.69. The smallest absolute Gasteiger partial charge is 0.294 e. The van der Waals surface area contributed by atoms with Crippen LogP contribution in [0.25, 0.3) is 6.08 Å². The third-order valence-corrected chi connectivity index (χ3v) is 5.90. The monoisotopic (exact) mass is 456 g/mol. The van der Waals surface area contributed by atoms with Crippen LogP contribution in [-0.2, 0) is 9.59 Å². The summed E-state index contributed by atoms with van der Waals surface area (Å²) in [7, 11) is 4.49. The summed E-state index contributed by atoms with van der Waals surface area (Å²) in [4.78, 5) is 38.8. The molecule has 2 aromatic rings. The van der Waals surface area contributed by atoms with Crippen molar-refractivity contribution in [2.24, 2.45) is 0 Å². The summed E-state index contributed by atoms with van der Waals surface area (Å²) in [6, 6.07) is 8.79. The lowest BCUT2D eigenvalue weighted by Gasteiger charge is -2.13. The molecular weight excluding hydrogens is 432 g/mol. The van der Waals surface area contributed by atoms with Crippen molar-refractivity contribution in [3.05, 3.63) is 51.9 Å². The van der Waals surface area contributed by atoms with Gasteiger partial charge in [-0.2, -0.15) is 0 Å². The van der Waals surface area contributed by atoms with E-state index >= 15 is 0 Å². The molecule has 168 valence electrons. The molecule has 1 N–H and O–H groups in total. The van der Waals surface area contributed by atoms with E-state index in [1.807, 2.05) is 26.0 Å². The van der Waals surface area contributed by atoms with Crippen LogP contribution in [0.5, 0.6) is 17.2 Å². The van der Waals surface area contributed by atoms with Crippen molar-refractivity contribution in [3.8, 4) is 17.2 Å². The second-order valence-electron chi connectivity index (χ2n) is 7.06. The van der Waals surface area contributed by atoms with Crippen LogP contribution in [0.3, 0.4) is 0 Å². The van der Waals surface area contributed by atoms with E-state index in [0.717, 1.165) is 27.8 Å². The van der Waals surface area contributed by atoms with E-state index in [9.17, 15) is 14.4 Å². The number of thioether (sulfide) groups is 1. The van der Waals surface area contributed by atoms with E-state index in [4.69, 9.17) is 14.2 Å². The molecule has 32 heavy (non-hydrogen) atoms. The Bertz CT molecular complexity index is 1110. The van der Waals surface area contributed by atoms with Crippen molar-refractivity contribution < 1.29 is 28.6 Å². The third-order valence-electron chi connectivity index (χ3n) is 4.99. The van der Waals surface area contributed by atoms with E-state index in [2.05, 4.69) is 5.32 Å². The van der Waals surface area contributed by atoms with Gasteiger partial charge in [0, 0.05) is 17.3 Å². The van der Waals surface area contributed by atoms with Crippen molar-refractivity contribution in [3.63, 3.8) is 0 Å². The lowest BCUT2D eigenvalue weighted by Crippen LogP contribution is -2.36. The number of hydrogen-bond acceptors (Lipinski definition) is 7. The number of hydrogen-bond donors (Lipinski definition) is 1. The van der Waals surface area contributed by atoms with Crippen LogP contribution in [0, 0.1) is 13.8 Å². The van der Waals surface area contributed by atoms with Crippen LogP contribution in [-0.4, -0.2) is 49.8 Å². The molecule has 0 saturated carbocycles. The minimum atomic E-state index is -0.549. The number of carbonyl (C=O) groups excluding carboxylic acids is 3. The van der Waals surface area contributed by atoms with Crippen LogP contribution in [0.2, 0.25) is 0 Å². The zero-order chi connectivity index (χ0) is 23.4. The lowest BCUT2D eigenvalue weighted by atomic mass is 10.1. The molecule has 1 saturated heterocycles. The van der Waals surface area contributed by atoms with Gasteiger partial charge < -0.3 is 19.5 Å². The molecule has 9 heteroatoms. The number of benzene rings is 2. The van der Waals surface area contributed by atoms with Gasteiger partial charge in [0.2, 0.25) is 5.91 Å². The molecule has 0 radical (unpaired) electrons. The van der Waals surface area contributed by atoms with Gasteiger partial charge >= 0.3 is 0 Å². The first-order valence-corrected chi connectivity index (χ1v) is 10.5. The van der Waals surface area contributed by atoms with Crippen LogP contribution in [0.15, 0.2) is 35.2 Å². The molecule has 0 atom stereocenters. The van der Waals surface area contributed by atoms with E-state index in [0.29, 0.717) is 28.5 Å². The van der Waals surface area contributed by atoms with E-state index in [-0.39, 0.29) is 11.4 Å². The summed E-state index contributed by atoms with van der Waals surface area (Å²) >= 11 is 0.763. The van der Waals surface area contributed by atoms with Gasteiger partial charge in [-0.1, -0.05) is 6.07 Å². The SMILES string of the molecule is COc1cc(OC)c(OC)cc1/C=C1\SC(=O)N(CC(=O)Nc2ccc(C)c(C)c2)C1=O. The molecule has 3 amide bonds. The first kappa shape index (κ1) is 23.2. The first-order chi connectivity index (χ1) is 15.3. The van der Waals surface area contributed by atoms with E-state index in [1.54, 1.807) is 18.2 Å². The number of imide groups is 1. The minimum Gasteiger partial charge on any atom is -0.496 e. The normalized spacial score (nSPS) is 14.7. The summed E-state index contributed by atoms with van der Waals surface area (Å²) in [5.41, 5.74) is 3.27. The van der Waals surface area contributed by atoms with E-state index < -0.39 is 17.1 Å². The van der Waals surface area contributed by atoms with Gasteiger partial charge in [-0.15, -0.1) is 0 Å². The second-order valence-corrected chi connectivity index (χ2v) is 8.06. The van der Waals surface area contributed by atoms with Gasteiger partial charge in [0.25, 0.3) is 11.1 Å². The van der Waals surface area contributed by atoms with Crippen LogP contribution in [0.1, 0.15) is 16.7 Å². The molecule has 1 heterocycles. The van der Waals surface area contributed by atoms with Gasteiger partial charge in [-0.3, -0.25) is 19.3 Å². The number of aryl methyl sites for hydroxylation is 2. The fourth-order valence-corrected chi connectivity index (χ4v) is 3.94. The highest BCUT2D eigenvalue weighted by Crippen LogP contribution is 2.38. The Labute approximate surface area is 190 Å². The summed E-state index contributed by atoms with van der Waals surface area (Å²) in [5, 5.41) is 2.21. The van der Waals surface area contributed by atoms with Crippen molar-refractivity contribution in [2.45, 2.75) is 13.8 Å². The molecule has 1 aliphatic rings. The Kier molecular flexibility index (Phi) is 7.09. The van der Waals surface area contributed by atoms with Crippen LogP contribution < -0.4 is 19.5 Å². The molecule has 0 aromatic heterocycles. The number of methoxy groups -OCH3 is 3. The number of anilines is 1. The second kappa shape index (κ2) is 9.78. The quantitative estimate of drug-likeness (QED) is 0.629. The molecule has 8 nitrogen and oxygen atoms in total. The lowest BCUT2D eigenvalue weighted by molar-refractivity contribution is -0.127. The minimum absolute atomic E-state index is 0.180.